The monoisotopic (exact) mass is 319 g/mol. The molecule has 0 aromatic heterocycles. The minimum atomic E-state index is -3.43. The van der Waals surface area contributed by atoms with Crippen LogP contribution in [0.1, 0.15) is 59.8 Å². The third kappa shape index (κ3) is 3.97. The summed E-state index contributed by atoms with van der Waals surface area (Å²) in [5.41, 5.74) is 5.54. The van der Waals surface area contributed by atoms with Crippen molar-refractivity contribution < 1.29 is 8.42 Å². The molecular weight excluding hydrogens is 286 g/mol. The van der Waals surface area contributed by atoms with E-state index in [4.69, 9.17) is 5.73 Å². The molecule has 1 aliphatic rings. The van der Waals surface area contributed by atoms with E-state index in [0.717, 1.165) is 32.1 Å². The highest BCUT2D eigenvalue weighted by Gasteiger charge is 2.43. The van der Waals surface area contributed by atoms with Crippen molar-refractivity contribution in [2.75, 3.05) is 26.2 Å². The number of piperidine rings is 1. The minimum Gasteiger partial charge on any atom is -0.329 e. The summed E-state index contributed by atoms with van der Waals surface area (Å²) in [6, 6.07) is 0. The summed E-state index contributed by atoms with van der Waals surface area (Å²) < 4.78 is 29.6. The molecule has 0 aromatic rings. The van der Waals surface area contributed by atoms with Gasteiger partial charge in [-0.1, -0.05) is 27.7 Å². The average Bonchev–Trinajstić information content (AvgIpc) is 2.48. The Morgan fingerprint density at radius 2 is 1.90 bits per heavy atom. The van der Waals surface area contributed by atoms with Crippen LogP contribution in [0.2, 0.25) is 0 Å². The van der Waals surface area contributed by atoms with E-state index < -0.39 is 15.7 Å². The first-order valence-electron chi connectivity index (χ1n) is 8.35. The Balaban J connectivity index is 3.12. The molecule has 0 radical (unpaired) electrons. The topological polar surface area (TPSA) is 66.6 Å². The molecule has 1 unspecified atom stereocenters. The normalized spacial score (nSPS) is 21.9. The summed E-state index contributed by atoms with van der Waals surface area (Å²) in [4.78, 5) is 0. The molecule has 2 N–H and O–H groups in total. The Morgan fingerprint density at radius 1 is 1.29 bits per heavy atom. The van der Waals surface area contributed by atoms with Gasteiger partial charge < -0.3 is 5.73 Å². The van der Waals surface area contributed by atoms with E-state index >= 15 is 0 Å². The fourth-order valence-corrected chi connectivity index (χ4v) is 5.61. The second-order valence-electron chi connectivity index (χ2n) is 6.32. The highest BCUT2D eigenvalue weighted by molar-refractivity contribution is 7.86. The van der Waals surface area contributed by atoms with Gasteiger partial charge in [-0.2, -0.15) is 17.0 Å². The lowest BCUT2D eigenvalue weighted by Gasteiger charge is -2.44. The van der Waals surface area contributed by atoms with Crippen LogP contribution >= 0.6 is 0 Å². The minimum absolute atomic E-state index is 0.378. The standard InChI is InChI=1S/C15H33N3O2S/c1-5-10-18(15(6-2,7-3)13-16)21(19,20)17-11-8-9-14(4)12-17/h14H,5-13,16H2,1-4H3. The third-order valence-electron chi connectivity index (χ3n) is 4.88. The highest BCUT2D eigenvalue weighted by atomic mass is 32.2. The zero-order chi connectivity index (χ0) is 16.1. The summed E-state index contributed by atoms with van der Waals surface area (Å²) in [6.45, 7) is 10.4. The van der Waals surface area contributed by atoms with Crippen LogP contribution in [0.4, 0.5) is 0 Å². The largest absolute Gasteiger partial charge is 0.329 e. The fraction of sp³-hybridized carbons (Fsp3) is 1.00. The molecule has 1 saturated heterocycles. The lowest BCUT2D eigenvalue weighted by atomic mass is 9.93. The van der Waals surface area contributed by atoms with Crippen LogP contribution in [-0.2, 0) is 10.2 Å². The van der Waals surface area contributed by atoms with Crippen LogP contribution < -0.4 is 5.73 Å². The van der Waals surface area contributed by atoms with Crippen molar-refractivity contribution in [1.82, 2.24) is 8.61 Å². The van der Waals surface area contributed by atoms with Crippen molar-refractivity contribution >= 4 is 10.2 Å². The molecule has 0 bridgehead atoms. The molecule has 0 spiro atoms. The van der Waals surface area contributed by atoms with Gasteiger partial charge in [0.2, 0.25) is 0 Å². The van der Waals surface area contributed by atoms with Gasteiger partial charge in [-0.15, -0.1) is 0 Å². The lowest BCUT2D eigenvalue weighted by molar-refractivity contribution is 0.157. The van der Waals surface area contributed by atoms with Gasteiger partial charge in [-0.3, -0.25) is 0 Å². The van der Waals surface area contributed by atoms with Gasteiger partial charge >= 0.3 is 0 Å². The Hall–Kier alpha value is -0.170. The quantitative estimate of drug-likeness (QED) is 0.746. The van der Waals surface area contributed by atoms with E-state index in [1.54, 1.807) is 8.61 Å². The van der Waals surface area contributed by atoms with Crippen molar-refractivity contribution in [2.24, 2.45) is 11.7 Å². The molecule has 0 aliphatic carbocycles. The van der Waals surface area contributed by atoms with E-state index in [1.807, 2.05) is 20.8 Å². The second-order valence-corrected chi connectivity index (χ2v) is 8.17. The van der Waals surface area contributed by atoms with Crippen molar-refractivity contribution in [3.63, 3.8) is 0 Å². The van der Waals surface area contributed by atoms with Crippen molar-refractivity contribution in [3.8, 4) is 0 Å². The Bertz CT molecular complexity index is 399. The number of nitrogens with two attached hydrogens (primary N) is 1. The van der Waals surface area contributed by atoms with Crippen LogP contribution in [0, 0.1) is 5.92 Å². The predicted molar refractivity (Wildman–Crippen MR) is 88.3 cm³/mol. The van der Waals surface area contributed by atoms with Crippen molar-refractivity contribution in [3.05, 3.63) is 0 Å². The molecule has 0 amide bonds. The number of hydrogen-bond donors (Lipinski definition) is 1. The molecule has 5 nitrogen and oxygen atoms in total. The Labute approximate surface area is 131 Å². The van der Waals surface area contributed by atoms with Crippen LogP contribution in [0.25, 0.3) is 0 Å². The van der Waals surface area contributed by atoms with Crippen LogP contribution in [0.3, 0.4) is 0 Å². The maximum absolute atomic E-state index is 13.1. The molecule has 1 fully saturated rings. The third-order valence-corrected chi connectivity index (χ3v) is 6.99. The van der Waals surface area contributed by atoms with E-state index in [-0.39, 0.29) is 0 Å². The number of hydrogen-bond acceptors (Lipinski definition) is 3. The molecular formula is C15H33N3O2S. The SMILES string of the molecule is CCCN(C(CC)(CC)CN)S(=O)(=O)N1CCCC(C)C1. The van der Waals surface area contributed by atoms with E-state index in [1.165, 1.54) is 0 Å². The predicted octanol–water partition coefficient (Wildman–Crippen LogP) is 2.19. The lowest BCUT2D eigenvalue weighted by Crippen LogP contribution is -2.60. The van der Waals surface area contributed by atoms with Gasteiger partial charge in [0.05, 0.1) is 0 Å². The Kier molecular flexibility index (Phi) is 7.10. The molecule has 126 valence electrons. The molecule has 21 heavy (non-hydrogen) atoms. The molecule has 1 atom stereocenters. The molecule has 1 heterocycles. The highest BCUT2D eigenvalue weighted by Crippen LogP contribution is 2.30. The second kappa shape index (κ2) is 7.90. The van der Waals surface area contributed by atoms with Gasteiger partial charge in [-0.05, 0) is 38.0 Å². The zero-order valence-corrected chi connectivity index (χ0v) is 15.0. The van der Waals surface area contributed by atoms with Crippen LogP contribution in [-0.4, -0.2) is 48.7 Å². The summed E-state index contributed by atoms with van der Waals surface area (Å²) in [5, 5.41) is 0. The summed E-state index contributed by atoms with van der Waals surface area (Å²) in [5.74, 6) is 0.438. The first-order chi connectivity index (χ1) is 9.87. The van der Waals surface area contributed by atoms with E-state index in [0.29, 0.717) is 32.1 Å². The summed E-state index contributed by atoms with van der Waals surface area (Å²) >= 11 is 0. The first kappa shape index (κ1) is 18.9. The Morgan fingerprint density at radius 3 is 2.33 bits per heavy atom. The van der Waals surface area contributed by atoms with Gasteiger partial charge in [0, 0.05) is 31.7 Å². The zero-order valence-electron chi connectivity index (χ0n) is 14.1. The smallest absolute Gasteiger partial charge is 0.282 e. The maximum Gasteiger partial charge on any atom is 0.282 e. The molecule has 6 heteroatoms. The van der Waals surface area contributed by atoms with Gasteiger partial charge in [-0.25, -0.2) is 0 Å². The molecule has 0 saturated carbocycles. The summed E-state index contributed by atoms with van der Waals surface area (Å²) in [7, 11) is -3.43. The molecule has 0 aromatic carbocycles. The van der Waals surface area contributed by atoms with Gasteiger partial charge in [0.25, 0.3) is 10.2 Å². The average molecular weight is 320 g/mol. The van der Waals surface area contributed by atoms with Gasteiger partial charge in [0.15, 0.2) is 0 Å². The number of nitrogens with zero attached hydrogens (tertiary/aromatic N) is 2. The van der Waals surface area contributed by atoms with E-state index in [9.17, 15) is 8.42 Å². The van der Waals surface area contributed by atoms with Gasteiger partial charge in [0.1, 0.15) is 0 Å². The maximum atomic E-state index is 13.1. The van der Waals surface area contributed by atoms with Crippen molar-refractivity contribution in [2.45, 2.75) is 65.3 Å². The molecule has 1 aliphatic heterocycles. The van der Waals surface area contributed by atoms with E-state index in [2.05, 4.69) is 6.92 Å². The van der Waals surface area contributed by atoms with Crippen molar-refractivity contribution in [1.29, 1.82) is 0 Å². The summed E-state index contributed by atoms with van der Waals surface area (Å²) in [6.07, 6.45) is 4.38. The van der Waals surface area contributed by atoms with Crippen LogP contribution in [0.15, 0.2) is 0 Å². The first-order valence-corrected chi connectivity index (χ1v) is 9.75. The molecule has 1 rings (SSSR count). The number of rotatable bonds is 8. The fourth-order valence-electron chi connectivity index (χ4n) is 3.29. The van der Waals surface area contributed by atoms with Crippen LogP contribution in [0.5, 0.6) is 0 Å².